The maximum Gasteiger partial charge on any atom is 0.0154 e. The molecule has 16 aromatic rings. The first-order valence-corrected chi connectivity index (χ1v) is 51.2. The minimum Gasteiger partial charge on any atom is -0.0653 e. The van der Waals surface area contributed by atoms with Gasteiger partial charge >= 0.3 is 0 Å². The Hall–Kier alpha value is -9.04. The van der Waals surface area contributed by atoms with Crippen molar-refractivity contribution in [1.82, 2.24) is 0 Å². The Kier molecular flexibility index (Phi) is 33.0. The molecule has 16 aromatic carbocycles. The molecule has 0 amide bonds. The third kappa shape index (κ3) is 22.9. The molecule has 0 aliphatic heterocycles. The zero-order valence-electron chi connectivity index (χ0n) is 65.3. The summed E-state index contributed by atoms with van der Waals surface area (Å²) in [5.74, 6) is 1.17. The standard InChI is InChI=1S/C28H28P2.C27H26P2.C26H24P2.C25H22P2/c1-2-15-28(29(24-16-7-3-8-17-24)25-18-9-4-10-19-25)30(26-20-11-5-12-21-26)27-22-13-6-14-23-27;1-2-27(28(23-15-7-3-8-16-23)24-17-9-4-10-18-24)29(25-19-11-5-12-20-25)26-21-13-6-14-22-26;1-22(27(23-14-6-2-7-15-23)24-16-8-3-9-17-24)28(25-18-10-4-11-19-25)26-20-12-5-13-21-26;1-5-13-22(14-6-1)26(23-15-7-2-8-16-23)21-27(24-17-9-3-10-18-24)25-19-11-4-12-20-25/h3-14,16-23,28H,2,15H2,1H3;3-22,27H,2H2,1H3;2-22H,1H3;1-20H,21H2. The van der Waals surface area contributed by atoms with E-state index in [0.29, 0.717) is 16.2 Å². The molecular formula is C106H100P8. The van der Waals surface area contributed by atoms with Crippen LogP contribution in [0.4, 0.5) is 0 Å². The molecule has 0 heterocycles. The number of benzene rings is 16. The molecule has 0 aromatic heterocycles. The lowest BCUT2D eigenvalue weighted by Gasteiger charge is -2.36. The van der Waals surface area contributed by atoms with Crippen LogP contribution in [-0.4, -0.2) is 22.1 Å². The lowest BCUT2D eigenvalue weighted by molar-refractivity contribution is 0.863. The van der Waals surface area contributed by atoms with E-state index in [9.17, 15) is 0 Å². The van der Waals surface area contributed by atoms with E-state index in [1.54, 1.807) is 0 Å². The van der Waals surface area contributed by atoms with Crippen molar-refractivity contribution >= 4 is 148 Å². The van der Waals surface area contributed by atoms with Crippen molar-refractivity contribution in [3.8, 4) is 0 Å². The van der Waals surface area contributed by atoms with Gasteiger partial charge in [0, 0.05) is 22.1 Å². The van der Waals surface area contributed by atoms with Crippen molar-refractivity contribution in [2.24, 2.45) is 0 Å². The molecule has 0 aliphatic rings. The van der Waals surface area contributed by atoms with Crippen molar-refractivity contribution in [3.05, 3.63) is 485 Å². The zero-order valence-corrected chi connectivity index (χ0v) is 72.5. The molecule has 564 valence electrons. The summed E-state index contributed by atoms with van der Waals surface area (Å²) < 4.78 is 0. The van der Waals surface area contributed by atoms with Crippen LogP contribution in [0.15, 0.2) is 485 Å². The molecule has 0 saturated carbocycles. The highest BCUT2D eigenvalue weighted by atomic mass is 31.2. The van der Waals surface area contributed by atoms with Gasteiger partial charge in [0.05, 0.1) is 0 Å². The van der Waals surface area contributed by atoms with E-state index < -0.39 is 63.4 Å². The van der Waals surface area contributed by atoms with Crippen LogP contribution in [0.5, 0.6) is 0 Å². The van der Waals surface area contributed by atoms with Crippen LogP contribution >= 0.6 is 63.4 Å². The highest BCUT2D eigenvalue weighted by Gasteiger charge is 2.35. The Labute approximate surface area is 690 Å². The van der Waals surface area contributed by atoms with Crippen LogP contribution in [0, 0.1) is 0 Å². The van der Waals surface area contributed by atoms with Crippen LogP contribution in [0.2, 0.25) is 0 Å². The van der Waals surface area contributed by atoms with Gasteiger partial charge in [0.2, 0.25) is 0 Å². The van der Waals surface area contributed by atoms with E-state index in [-0.39, 0.29) is 0 Å². The minimum absolute atomic E-state index is 0.409. The Balaban J connectivity index is 0.000000133. The van der Waals surface area contributed by atoms with Gasteiger partial charge in [-0.3, -0.25) is 0 Å². The van der Waals surface area contributed by atoms with Gasteiger partial charge in [0.1, 0.15) is 0 Å². The second kappa shape index (κ2) is 45.3. The smallest absolute Gasteiger partial charge is 0.0154 e. The van der Waals surface area contributed by atoms with Crippen molar-refractivity contribution in [2.45, 2.75) is 56.2 Å². The number of hydrogen-bond acceptors (Lipinski definition) is 0. The van der Waals surface area contributed by atoms with Crippen LogP contribution < -0.4 is 84.9 Å². The van der Waals surface area contributed by atoms with Gasteiger partial charge in [0.25, 0.3) is 0 Å². The second-order valence-corrected chi connectivity index (χ2v) is 48.2. The molecule has 0 saturated heterocycles. The van der Waals surface area contributed by atoms with Gasteiger partial charge in [-0.1, -0.05) is 513 Å². The third-order valence-corrected chi connectivity index (χ3v) is 45.3. The van der Waals surface area contributed by atoms with Gasteiger partial charge in [-0.2, -0.15) is 0 Å². The Bertz CT molecular complexity index is 4600. The van der Waals surface area contributed by atoms with Gasteiger partial charge in [-0.05, 0) is 161 Å². The molecule has 0 bridgehead atoms. The third-order valence-electron chi connectivity index (χ3n) is 19.8. The summed E-state index contributed by atoms with van der Waals surface area (Å²) in [7, 11) is -3.66. The summed E-state index contributed by atoms with van der Waals surface area (Å²) in [6, 6.07) is 178. The lowest BCUT2D eigenvalue weighted by Crippen LogP contribution is -2.27. The molecule has 0 spiro atoms. The highest BCUT2D eigenvalue weighted by Crippen LogP contribution is 2.60. The molecule has 0 unspecified atom stereocenters. The van der Waals surface area contributed by atoms with E-state index in [4.69, 9.17) is 0 Å². The number of hydrogen-bond donors (Lipinski definition) is 0. The molecule has 16 rings (SSSR count). The Morgan fingerprint density at radius 2 is 0.298 bits per heavy atom. The summed E-state index contributed by atoms with van der Waals surface area (Å²) in [5.41, 5.74) is 0. The normalized spacial score (nSPS) is 11.2. The zero-order chi connectivity index (χ0) is 78.0. The predicted molar refractivity (Wildman–Crippen MR) is 520 cm³/mol. The second-order valence-electron chi connectivity index (χ2n) is 27.4. The largest absolute Gasteiger partial charge is 0.0653 e. The summed E-state index contributed by atoms with van der Waals surface area (Å²) in [6.45, 7) is 7.16. The number of rotatable bonds is 27. The highest BCUT2D eigenvalue weighted by molar-refractivity contribution is 7.91. The van der Waals surface area contributed by atoms with Crippen LogP contribution in [0.3, 0.4) is 0 Å². The fourth-order valence-corrected chi connectivity index (χ4v) is 42.6. The van der Waals surface area contributed by atoms with Crippen LogP contribution in [-0.2, 0) is 0 Å². The quantitative estimate of drug-likeness (QED) is 0.0450. The summed E-state index contributed by atoms with van der Waals surface area (Å²) >= 11 is 0. The minimum atomic E-state index is -0.478. The Morgan fingerprint density at radius 1 is 0.167 bits per heavy atom. The molecular weight excluding hydrogens is 1520 g/mol. The van der Waals surface area contributed by atoms with Gasteiger partial charge in [0.15, 0.2) is 0 Å². The van der Waals surface area contributed by atoms with E-state index in [1.165, 1.54) is 104 Å². The van der Waals surface area contributed by atoms with Crippen molar-refractivity contribution in [2.75, 3.05) is 5.90 Å². The maximum atomic E-state index is 2.46. The topological polar surface area (TPSA) is 0 Å². The summed E-state index contributed by atoms with van der Waals surface area (Å²) in [5, 5.41) is 25.2. The van der Waals surface area contributed by atoms with Crippen molar-refractivity contribution in [1.29, 1.82) is 0 Å². The first-order valence-electron chi connectivity index (χ1n) is 39.6. The van der Waals surface area contributed by atoms with Gasteiger partial charge in [-0.25, -0.2) is 0 Å². The molecule has 0 atom stereocenters. The monoisotopic (exact) mass is 1620 g/mol. The van der Waals surface area contributed by atoms with Crippen molar-refractivity contribution < 1.29 is 0 Å². The molecule has 0 fully saturated rings. The van der Waals surface area contributed by atoms with E-state index in [2.05, 4.69) is 506 Å². The van der Waals surface area contributed by atoms with Gasteiger partial charge in [-0.15, -0.1) is 0 Å². The first kappa shape index (κ1) is 82.9. The average Bonchev–Trinajstić information content (AvgIpc) is 0.790. The van der Waals surface area contributed by atoms with Gasteiger partial charge < -0.3 is 0 Å². The van der Waals surface area contributed by atoms with Crippen LogP contribution in [0.25, 0.3) is 0 Å². The molecule has 0 N–H and O–H groups in total. The fraction of sp³-hybridized carbons (Fsp3) is 0.0943. The first-order chi connectivity index (χ1) is 56.5. The molecule has 8 heteroatoms. The molecule has 0 nitrogen and oxygen atoms in total. The summed E-state index contributed by atoms with van der Waals surface area (Å²) in [6.07, 6.45) is 3.58. The molecule has 114 heavy (non-hydrogen) atoms. The summed E-state index contributed by atoms with van der Waals surface area (Å²) in [4.78, 5) is 0. The molecule has 0 aliphatic carbocycles. The SMILES string of the molecule is CC(P(c1ccccc1)c1ccccc1)P(c1ccccc1)c1ccccc1.CCC(P(c1ccccc1)c1ccccc1)P(c1ccccc1)c1ccccc1.CCCC(P(c1ccccc1)c1ccccc1)P(c1ccccc1)c1ccccc1.c1ccc(P(CP(c2ccccc2)c2ccccc2)c2ccccc2)cc1. The fourth-order valence-electron chi connectivity index (χ4n) is 14.6. The van der Waals surface area contributed by atoms with Crippen LogP contribution in [0.1, 0.15) is 40.0 Å². The lowest BCUT2D eigenvalue weighted by atomic mass is 10.4. The average molecular weight is 1620 g/mol. The van der Waals surface area contributed by atoms with E-state index >= 15 is 0 Å². The predicted octanol–water partition coefficient (Wildman–Crippen LogP) is 23.2. The molecule has 0 radical (unpaired) electrons. The van der Waals surface area contributed by atoms with E-state index in [1.807, 2.05) is 0 Å². The van der Waals surface area contributed by atoms with E-state index in [0.717, 1.165) is 6.42 Å². The maximum absolute atomic E-state index is 2.46. The Morgan fingerprint density at radius 3 is 0.439 bits per heavy atom. The van der Waals surface area contributed by atoms with Crippen molar-refractivity contribution in [3.63, 3.8) is 0 Å².